The molecule has 1 aliphatic carbocycles. The van der Waals surface area contributed by atoms with Crippen molar-refractivity contribution in [2.24, 2.45) is 0 Å². The molecule has 0 saturated heterocycles. The molecular weight excluding hydrogens is 388 g/mol. The summed E-state index contributed by atoms with van der Waals surface area (Å²) in [5.41, 5.74) is 13.0. The van der Waals surface area contributed by atoms with E-state index in [-0.39, 0.29) is 5.41 Å². The predicted octanol–water partition coefficient (Wildman–Crippen LogP) is 8.29. The molecule has 1 heteroatoms. The fourth-order valence-electron chi connectivity index (χ4n) is 5.46. The molecule has 1 nitrogen and oxygen atoms in total. The van der Waals surface area contributed by atoms with Crippen LogP contribution in [0.1, 0.15) is 47.2 Å². The molecule has 0 unspecified atom stereocenters. The van der Waals surface area contributed by atoms with Crippen LogP contribution in [0.5, 0.6) is 0 Å². The van der Waals surface area contributed by atoms with Crippen molar-refractivity contribution in [2.45, 2.75) is 46.0 Å². The third-order valence-electron chi connectivity index (χ3n) is 7.29. The molecule has 1 heterocycles. The zero-order valence-corrected chi connectivity index (χ0v) is 19.3. The van der Waals surface area contributed by atoms with E-state index in [1.165, 1.54) is 55.3 Å². The summed E-state index contributed by atoms with van der Waals surface area (Å²) in [4.78, 5) is 0. The second-order valence-electron chi connectivity index (χ2n) is 9.99. The maximum Gasteiger partial charge on any atom is 0.135 e. The summed E-state index contributed by atoms with van der Waals surface area (Å²) in [7, 11) is 0. The van der Waals surface area contributed by atoms with Gasteiger partial charge in [0.2, 0.25) is 0 Å². The van der Waals surface area contributed by atoms with Gasteiger partial charge in [-0.2, -0.15) is 0 Å². The lowest BCUT2D eigenvalue weighted by molar-refractivity contribution is 0.660. The van der Waals surface area contributed by atoms with Gasteiger partial charge in [0.15, 0.2) is 0 Å². The summed E-state index contributed by atoms with van der Waals surface area (Å²) in [6, 6.07) is 27.1. The van der Waals surface area contributed by atoms with Gasteiger partial charge in [0.1, 0.15) is 11.2 Å². The van der Waals surface area contributed by atoms with Crippen molar-refractivity contribution in [2.75, 3.05) is 0 Å². The minimum Gasteiger partial charge on any atom is -0.456 e. The number of benzene rings is 4. The van der Waals surface area contributed by atoms with E-state index >= 15 is 0 Å². The Morgan fingerprint density at radius 2 is 1.12 bits per heavy atom. The van der Waals surface area contributed by atoms with E-state index in [1.54, 1.807) is 0 Å². The van der Waals surface area contributed by atoms with Crippen LogP contribution in [-0.2, 0) is 18.3 Å². The summed E-state index contributed by atoms with van der Waals surface area (Å²) in [5, 5.41) is 2.41. The van der Waals surface area contributed by atoms with Gasteiger partial charge in [-0.1, -0.05) is 80.1 Å². The highest BCUT2D eigenvalue weighted by molar-refractivity contribution is 6.05. The number of hydrogen-bond acceptors (Lipinski definition) is 1. The monoisotopic (exact) mass is 416 g/mol. The van der Waals surface area contributed by atoms with Crippen LogP contribution < -0.4 is 0 Å². The van der Waals surface area contributed by atoms with Gasteiger partial charge in [0.05, 0.1) is 0 Å². The first-order valence-electron chi connectivity index (χ1n) is 11.6. The van der Waals surface area contributed by atoms with E-state index in [4.69, 9.17) is 4.42 Å². The van der Waals surface area contributed by atoms with Crippen LogP contribution in [0.4, 0.5) is 0 Å². The molecule has 32 heavy (non-hydrogen) atoms. The highest BCUT2D eigenvalue weighted by Gasteiger charge is 2.35. The summed E-state index contributed by atoms with van der Waals surface area (Å²) in [6.45, 7) is 8.98. The Bertz CT molecular complexity index is 1510. The number of furan rings is 1. The van der Waals surface area contributed by atoms with E-state index < -0.39 is 0 Å². The zero-order chi connectivity index (χ0) is 22.0. The lowest BCUT2D eigenvalue weighted by Gasteiger charge is -2.21. The molecule has 0 amide bonds. The molecule has 0 bridgehead atoms. The van der Waals surface area contributed by atoms with Crippen LogP contribution in [0.15, 0.2) is 77.2 Å². The quantitative estimate of drug-likeness (QED) is 0.288. The Balaban J connectivity index is 1.31. The van der Waals surface area contributed by atoms with E-state index in [0.717, 1.165) is 24.0 Å². The number of hydrogen-bond donors (Lipinski definition) is 0. The van der Waals surface area contributed by atoms with Crippen molar-refractivity contribution < 1.29 is 4.42 Å². The minimum absolute atomic E-state index is 0.0710. The number of fused-ring (bicyclic) bond motifs is 6. The Kier molecular flexibility index (Phi) is 4.14. The van der Waals surface area contributed by atoms with Gasteiger partial charge in [0.25, 0.3) is 0 Å². The summed E-state index contributed by atoms with van der Waals surface area (Å²) in [6.07, 6.45) is 2.04. The third-order valence-corrected chi connectivity index (χ3v) is 7.29. The van der Waals surface area contributed by atoms with E-state index in [1.807, 2.05) is 0 Å². The van der Waals surface area contributed by atoms with Crippen molar-refractivity contribution in [3.8, 4) is 11.1 Å². The minimum atomic E-state index is 0.0710. The molecule has 0 spiro atoms. The van der Waals surface area contributed by atoms with Gasteiger partial charge < -0.3 is 4.42 Å². The normalized spacial score (nSPS) is 14.1. The largest absolute Gasteiger partial charge is 0.456 e. The molecule has 158 valence electrons. The third kappa shape index (κ3) is 2.92. The van der Waals surface area contributed by atoms with Crippen LogP contribution in [-0.4, -0.2) is 0 Å². The summed E-state index contributed by atoms with van der Waals surface area (Å²) >= 11 is 0. The van der Waals surface area contributed by atoms with E-state index in [2.05, 4.69) is 100 Å². The van der Waals surface area contributed by atoms with Gasteiger partial charge in [-0.05, 0) is 77.8 Å². The first-order valence-corrected chi connectivity index (χ1v) is 11.6. The van der Waals surface area contributed by atoms with E-state index in [9.17, 15) is 0 Å². The Morgan fingerprint density at radius 3 is 1.91 bits per heavy atom. The molecule has 4 aromatic carbocycles. The second-order valence-corrected chi connectivity index (χ2v) is 9.99. The van der Waals surface area contributed by atoms with E-state index in [0.29, 0.717) is 0 Å². The highest BCUT2D eigenvalue weighted by Crippen LogP contribution is 2.49. The predicted molar refractivity (Wildman–Crippen MR) is 135 cm³/mol. The lowest BCUT2D eigenvalue weighted by atomic mass is 9.82. The molecule has 0 saturated carbocycles. The van der Waals surface area contributed by atoms with Gasteiger partial charge in [-0.3, -0.25) is 0 Å². The molecule has 5 aromatic rings. The van der Waals surface area contributed by atoms with Gasteiger partial charge in [-0.15, -0.1) is 0 Å². The highest BCUT2D eigenvalue weighted by atomic mass is 16.3. The Morgan fingerprint density at radius 1 is 0.594 bits per heavy atom. The second kappa shape index (κ2) is 6.84. The Labute approximate surface area is 189 Å². The van der Waals surface area contributed by atoms with Crippen LogP contribution in [0, 0.1) is 13.8 Å². The average molecular weight is 417 g/mol. The molecular formula is C31H28O. The molecule has 0 N–H and O–H groups in total. The number of rotatable bonds is 3. The molecule has 0 radical (unpaired) electrons. The molecule has 1 aromatic heterocycles. The number of aryl methyl sites for hydroxylation is 4. The van der Waals surface area contributed by atoms with Gasteiger partial charge in [0, 0.05) is 16.2 Å². The zero-order valence-electron chi connectivity index (χ0n) is 19.3. The molecule has 0 atom stereocenters. The van der Waals surface area contributed by atoms with Crippen LogP contribution in [0.25, 0.3) is 33.1 Å². The molecule has 0 fully saturated rings. The topological polar surface area (TPSA) is 13.1 Å². The SMILES string of the molecule is Cc1ccc2c(c1)-c1cc(CCc3ccc4c(c3)oc3cc(C)ccc34)ccc1C2(C)C. The fraction of sp³-hybridized carbons (Fsp3) is 0.226. The smallest absolute Gasteiger partial charge is 0.135 e. The van der Waals surface area contributed by atoms with Crippen molar-refractivity contribution >= 4 is 21.9 Å². The van der Waals surface area contributed by atoms with Crippen LogP contribution >= 0.6 is 0 Å². The van der Waals surface area contributed by atoms with Crippen LogP contribution in [0.2, 0.25) is 0 Å². The van der Waals surface area contributed by atoms with Crippen LogP contribution in [0.3, 0.4) is 0 Å². The van der Waals surface area contributed by atoms with Crippen molar-refractivity contribution in [1.82, 2.24) is 0 Å². The maximum absolute atomic E-state index is 6.16. The first kappa shape index (κ1) is 19.4. The summed E-state index contributed by atoms with van der Waals surface area (Å²) in [5.74, 6) is 0. The average Bonchev–Trinajstić information content (AvgIpc) is 3.23. The van der Waals surface area contributed by atoms with Crippen molar-refractivity contribution in [3.05, 3.63) is 106 Å². The van der Waals surface area contributed by atoms with Gasteiger partial charge in [-0.25, -0.2) is 0 Å². The maximum atomic E-state index is 6.16. The van der Waals surface area contributed by atoms with Crippen molar-refractivity contribution in [1.29, 1.82) is 0 Å². The fourth-order valence-corrected chi connectivity index (χ4v) is 5.46. The lowest BCUT2D eigenvalue weighted by Crippen LogP contribution is -2.14. The molecule has 1 aliphatic rings. The van der Waals surface area contributed by atoms with Gasteiger partial charge >= 0.3 is 0 Å². The molecule has 6 rings (SSSR count). The first-order chi connectivity index (χ1) is 15.4. The summed E-state index contributed by atoms with van der Waals surface area (Å²) < 4.78 is 6.16. The standard InChI is InChI=1S/C31H28O/c1-19-6-13-27-25(15-19)26-17-21(10-14-28(26)31(27,3)4)7-8-22-9-12-24-23-11-5-20(2)16-29(23)32-30(24)18-22/h5-6,9-18H,7-8H2,1-4H3. The Hall–Kier alpha value is -3.32. The molecule has 0 aliphatic heterocycles. The van der Waals surface area contributed by atoms with Crippen molar-refractivity contribution in [3.63, 3.8) is 0 Å².